The first-order chi connectivity index (χ1) is 9.54. The van der Waals surface area contributed by atoms with Crippen molar-refractivity contribution in [2.45, 2.75) is 0 Å². The molecule has 2 heterocycles. The van der Waals surface area contributed by atoms with Crippen LogP contribution in [0.3, 0.4) is 0 Å². The third-order valence-electron chi connectivity index (χ3n) is 2.41. The first-order valence-corrected chi connectivity index (χ1v) is 6.75. The smallest absolute Gasteiger partial charge is 0.250 e. The summed E-state index contributed by atoms with van der Waals surface area (Å²) in [4.78, 5) is 14.8. The van der Waals surface area contributed by atoms with E-state index in [9.17, 15) is 0 Å². The van der Waals surface area contributed by atoms with Crippen LogP contribution in [0.15, 0.2) is 18.5 Å². The minimum atomic E-state index is 0.00998. The van der Waals surface area contributed by atoms with Crippen molar-refractivity contribution in [3.05, 3.63) is 38.8 Å². The third kappa shape index (κ3) is 2.50. The molecule has 0 aliphatic carbocycles. The fourth-order valence-corrected chi connectivity index (χ4v) is 2.27. The number of ether oxygens (including phenoxy) is 1. The molecule has 0 spiro atoms. The predicted octanol–water partition coefficient (Wildman–Crippen LogP) is 4.76. The number of halogens is 4. The summed E-state index contributed by atoms with van der Waals surface area (Å²) in [5.74, 6) is 0.490. The highest BCUT2D eigenvalue weighted by Gasteiger charge is 2.14. The maximum absolute atomic E-state index is 6.05. The maximum atomic E-state index is 6.05. The largest absolute Gasteiger partial charge is 0.435 e. The quantitative estimate of drug-likeness (QED) is 0.535. The van der Waals surface area contributed by atoms with E-state index in [-0.39, 0.29) is 11.2 Å². The van der Waals surface area contributed by atoms with Gasteiger partial charge >= 0.3 is 0 Å². The maximum Gasteiger partial charge on any atom is 0.250 e. The van der Waals surface area contributed by atoms with Crippen molar-refractivity contribution < 1.29 is 4.74 Å². The van der Waals surface area contributed by atoms with Gasteiger partial charge in [0.05, 0.1) is 21.4 Å². The molecule has 5 nitrogen and oxygen atoms in total. The lowest BCUT2D eigenvalue weighted by Crippen LogP contribution is -1.93. The van der Waals surface area contributed by atoms with Gasteiger partial charge in [0.2, 0.25) is 11.2 Å². The molecule has 20 heavy (non-hydrogen) atoms. The van der Waals surface area contributed by atoms with Gasteiger partial charge in [-0.3, -0.25) is 0 Å². The van der Waals surface area contributed by atoms with Gasteiger partial charge in [-0.1, -0.05) is 34.8 Å². The second-order valence-electron chi connectivity index (χ2n) is 3.70. The van der Waals surface area contributed by atoms with Crippen molar-refractivity contribution in [1.82, 2.24) is 19.9 Å². The molecule has 3 aromatic rings. The number of H-pyrrole nitrogens is 1. The SMILES string of the molecule is Clc1nc(Oc2cc(Cl)c(Cl)cc2Cl)c2[nH]cnc2n1. The van der Waals surface area contributed by atoms with Gasteiger partial charge in [0, 0.05) is 6.07 Å². The zero-order chi connectivity index (χ0) is 14.3. The Bertz CT molecular complexity index is 804. The summed E-state index contributed by atoms with van der Waals surface area (Å²) >= 11 is 23.6. The molecule has 2 aromatic heterocycles. The molecular weight excluding hydrogens is 346 g/mol. The number of rotatable bonds is 2. The standard InChI is InChI=1S/C11H4Cl4N4O/c12-4-1-6(14)7(2-5(4)13)20-10-8-9(17-3-16-8)18-11(15)19-10/h1-3H,(H,16,17,18,19). The van der Waals surface area contributed by atoms with Gasteiger partial charge in [-0.05, 0) is 17.7 Å². The van der Waals surface area contributed by atoms with Crippen LogP contribution < -0.4 is 4.74 Å². The zero-order valence-electron chi connectivity index (χ0n) is 9.49. The molecular formula is C11H4Cl4N4O. The Balaban J connectivity index is 2.09. The molecule has 102 valence electrons. The van der Waals surface area contributed by atoms with Gasteiger partial charge in [-0.25, -0.2) is 4.98 Å². The lowest BCUT2D eigenvalue weighted by Gasteiger charge is -2.08. The van der Waals surface area contributed by atoms with Gasteiger partial charge in [-0.15, -0.1) is 0 Å². The van der Waals surface area contributed by atoms with Crippen molar-refractivity contribution in [1.29, 1.82) is 0 Å². The number of benzene rings is 1. The Labute approximate surface area is 132 Å². The van der Waals surface area contributed by atoms with Crippen LogP contribution in [-0.2, 0) is 0 Å². The van der Waals surface area contributed by atoms with Crippen molar-refractivity contribution in [2.24, 2.45) is 0 Å². The summed E-state index contributed by atoms with van der Waals surface area (Å²) in [6.07, 6.45) is 1.46. The van der Waals surface area contributed by atoms with Crippen LogP contribution in [0.2, 0.25) is 20.4 Å². The number of imidazole rings is 1. The predicted molar refractivity (Wildman–Crippen MR) is 78.2 cm³/mol. The first-order valence-electron chi connectivity index (χ1n) is 5.23. The summed E-state index contributed by atoms with van der Waals surface area (Å²) < 4.78 is 5.62. The van der Waals surface area contributed by atoms with E-state index in [4.69, 9.17) is 51.1 Å². The van der Waals surface area contributed by atoms with E-state index in [1.165, 1.54) is 18.5 Å². The average molecular weight is 350 g/mol. The summed E-state index contributed by atoms with van der Waals surface area (Å²) in [7, 11) is 0. The first kappa shape index (κ1) is 13.7. The normalized spacial score (nSPS) is 11.0. The molecule has 0 unspecified atom stereocenters. The van der Waals surface area contributed by atoms with E-state index < -0.39 is 0 Å². The second-order valence-corrected chi connectivity index (χ2v) is 5.26. The summed E-state index contributed by atoms with van der Waals surface area (Å²) in [6.45, 7) is 0. The lowest BCUT2D eigenvalue weighted by molar-refractivity contribution is 0.467. The fraction of sp³-hybridized carbons (Fsp3) is 0. The minimum Gasteiger partial charge on any atom is -0.435 e. The number of fused-ring (bicyclic) bond motifs is 1. The summed E-state index contributed by atoms with van der Waals surface area (Å²) in [6, 6.07) is 2.97. The van der Waals surface area contributed by atoms with E-state index in [1.807, 2.05) is 0 Å². The molecule has 0 amide bonds. The van der Waals surface area contributed by atoms with Gasteiger partial charge in [0.25, 0.3) is 0 Å². The van der Waals surface area contributed by atoms with Crippen LogP contribution in [-0.4, -0.2) is 19.9 Å². The zero-order valence-corrected chi connectivity index (χ0v) is 12.5. The second kappa shape index (κ2) is 5.26. The highest BCUT2D eigenvalue weighted by Crippen LogP contribution is 2.37. The Morgan fingerprint density at radius 3 is 2.50 bits per heavy atom. The number of hydrogen-bond donors (Lipinski definition) is 1. The molecule has 0 saturated carbocycles. The number of aromatic nitrogens is 4. The summed E-state index contributed by atoms with van der Waals surface area (Å²) in [5, 5.41) is 0.945. The molecule has 9 heteroatoms. The van der Waals surface area contributed by atoms with Gasteiger partial charge < -0.3 is 9.72 Å². The van der Waals surface area contributed by atoms with E-state index in [2.05, 4.69) is 19.9 Å². The van der Waals surface area contributed by atoms with Crippen LogP contribution in [0.4, 0.5) is 0 Å². The van der Waals surface area contributed by atoms with Crippen LogP contribution in [0.25, 0.3) is 11.2 Å². The molecule has 0 radical (unpaired) electrons. The van der Waals surface area contributed by atoms with Gasteiger partial charge in [0.15, 0.2) is 5.65 Å². The molecule has 0 aliphatic heterocycles. The van der Waals surface area contributed by atoms with Gasteiger partial charge in [-0.2, -0.15) is 9.97 Å². The van der Waals surface area contributed by atoms with E-state index in [0.717, 1.165) is 0 Å². The molecule has 3 rings (SSSR count). The molecule has 0 bridgehead atoms. The molecule has 0 aliphatic rings. The van der Waals surface area contributed by atoms with Gasteiger partial charge in [0.1, 0.15) is 11.3 Å². The molecule has 0 saturated heterocycles. The monoisotopic (exact) mass is 348 g/mol. The Morgan fingerprint density at radius 2 is 1.70 bits per heavy atom. The van der Waals surface area contributed by atoms with Crippen LogP contribution in [0.5, 0.6) is 11.6 Å². The molecule has 0 atom stereocenters. The number of nitrogens with one attached hydrogen (secondary N) is 1. The lowest BCUT2D eigenvalue weighted by atomic mass is 10.3. The Kier molecular flexibility index (Phi) is 3.60. The molecule has 0 fully saturated rings. The Morgan fingerprint density at radius 1 is 0.950 bits per heavy atom. The topological polar surface area (TPSA) is 63.7 Å². The van der Waals surface area contributed by atoms with Crippen LogP contribution in [0, 0.1) is 0 Å². The van der Waals surface area contributed by atoms with E-state index in [1.54, 1.807) is 0 Å². The number of aromatic amines is 1. The fourth-order valence-electron chi connectivity index (χ4n) is 1.54. The van der Waals surface area contributed by atoms with Crippen molar-refractivity contribution in [3.63, 3.8) is 0 Å². The van der Waals surface area contributed by atoms with Crippen molar-refractivity contribution >= 4 is 57.6 Å². The third-order valence-corrected chi connectivity index (χ3v) is 3.59. The van der Waals surface area contributed by atoms with Crippen LogP contribution >= 0.6 is 46.4 Å². The number of nitrogens with zero attached hydrogens (tertiary/aromatic N) is 3. The van der Waals surface area contributed by atoms with Crippen molar-refractivity contribution in [3.8, 4) is 11.6 Å². The molecule has 1 N–H and O–H groups in total. The highest BCUT2D eigenvalue weighted by molar-refractivity contribution is 6.43. The highest BCUT2D eigenvalue weighted by atomic mass is 35.5. The average Bonchev–Trinajstić information content (AvgIpc) is 2.84. The van der Waals surface area contributed by atoms with Crippen LogP contribution in [0.1, 0.15) is 0 Å². The van der Waals surface area contributed by atoms with E-state index >= 15 is 0 Å². The molecule has 1 aromatic carbocycles. The Hall–Kier alpha value is -1.27. The van der Waals surface area contributed by atoms with E-state index in [0.29, 0.717) is 32.0 Å². The van der Waals surface area contributed by atoms with Crippen molar-refractivity contribution in [2.75, 3.05) is 0 Å². The number of hydrogen-bond acceptors (Lipinski definition) is 4. The minimum absolute atomic E-state index is 0.00998. The summed E-state index contributed by atoms with van der Waals surface area (Å²) in [5.41, 5.74) is 0.882.